The highest BCUT2D eigenvalue weighted by molar-refractivity contribution is 7.13. The zero-order chi connectivity index (χ0) is 16.8. The summed E-state index contributed by atoms with van der Waals surface area (Å²) in [5.41, 5.74) is 2.18. The first-order chi connectivity index (χ1) is 11.8. The number of thiazole rings is 1. The summed E-state index contributed by atoms with van der Waals surface area (Å²) in [4.78, 5) is 13.0. The monoisotopic (exact) mass is 341 g/mol. The van der Waals surface area contributed by atoms with Gasteiger partial charge in [0, 0.05) is 37.0 Å². The van der Waals surface area contributed by atoms with E-state index >= 15 is 0 Å². The fourth-order valence-corrected chi connectivity index (χ4v) is 3.06. The largest absolute Gasteiger partial charge is 0.497 e. The zero-order valence-electron chi connectivity index (χ0n) is 13.6. The molecule has 0 unspecified atom stereocenters. The smallest absolute Gasteiger partial charge is 0.131 e. The Labute approximate surface area is 145 Å². The maximum absolute atomic E-state index is 5.18. The molecular weight excluding hydrogens is 322 g/mol. The molecule has 7 heteroatoms. The van der Waals surface area contributed by atoms with Crippen molar-refractivity contribution in [2.24, 2.45) is 0 Å². The molecule has 0 aliphatic heterocycles. The van der Waals surface area contributed by atoms with E-state index in [1.807, 2.05) is 37.4 Å². The minimum Gasteiger partial charge on any atom is -0.497 e. The van der Waals surface area contributed by atoms with Crippen LogP contribution in [-0.2, 0) is 6.42 Å². The highest BCUT2D eigenvalue weighted by atomic mass is 32.1. The Morgan fingerprint density at radius 2 is 1.92 bits per heavy atom. The highest BCUT2D eigenvalue weighted by Gasteiger charge is 2.05. The second-order valence-electron chi connectivity index (χ2n) is 5.09. The van der Waals surface area contributed by atoms with E-state index in [-0.39, 0.29) is 0 Å². The summed E-state index contributed by atoms with van der Waals surface area (Å²) in [6, 6.07) is 9.84. The fourth-order valence-electron chi connectivity index (χ4n) is 2.20. The predicted molar refractivity (Wildman–Crippen MR) is 97.9 cm³/mol. The molecule has 2 heterocycles. The van der Waals surface area contributed by atoms with E-state index in [2.05, 4.69) is 26.0 Å². The molecule has 0 spiro atoms. The molecule has 0 bridgehead atoms. The van der Waals surface area contributed by atoms with Crippen LogP contribution in [0, 0.1) is 0 Å². The van der Waals surface area contributed by atoms with Crippen molar-refractivity contribution in [1.29, 1.82) is 0 Å². The van der Waals surface area contributed by atoms with E-state index in [0.29, 0.717) is 0 Å². The van der Waals surface area contributed by atoms with Crippen LogP contribution in [0.25, 0.3) is 10.6 Å². The van der Waals surface area contributed by atoms with Crippen molar-refractivity contribution < 1.29 is 4.74 Å². The molecule has 3 rings (SSSR count). The van der Waals surface area contributed by atoms with Crippen LogP contribution in [-0.4, -0.2) is 35.7 Å². The van der Waals surface area contributed by atoms with Crippen molar-refractivity contribution in [2.75, 3.05) is 31.3 Å². The Hall–Kier alpha value is -2.67. The molecule has 2 aromatic heterocycles. The van der Waals surface area contributed by atoms with Crippen molar-refractivity contribution in [2.45, 2.75) is 6.42 Å². The molecule has 0 fully saturated rings. The van der Waals surface area contributed by atoms with Crippen LogP contribution in [0.5, 0.6) is 5.75 Å². The standard InChI is InChI=1S/C17H19N5OS/c1-18-15-9-16(21-11-20-15)19-8-7-13-10-24-17(22-13)12-3-5-14(23-2)6-4-12/h3-6,9-11H,7-8H2,1-2H3,(H2,18,19,20,21). The Kier molecular flexibility index (Phi) is 5.22. The Bertz CT molecular complexity index is 788. The van der Waals surface area contributed by atoms with Gasteiger partial charge < -0.3 is 15.4 Å². The summed E-state index contributed by atoms with van der Waals surface area (Å²) in [6.07, 6.45) is 2.38. The van der Waals surface area contributed by atoms with Gasteiger partial charge >= 0.3 is 0 Å². The topological polar surface area (TPSA) is 72.0 Å². The lowest BCUT2D eigenvalue weighted by Gasteiger charge is -2.05. The van der Waals surface area contributed by atoms with Crippen LogP contribution < -0.4 is 15.4 Å². The first kappa shape index (κ1) is 16.2. The Morgan fingerprint density at radius 1 is 1.12 bits per heavy atom. The van der Waals surface area contributed by atoms with Crippen LogP contribution in [0.3, 0.4) is 0 Å². The third-order valence-corrected chi connectivity index (χ3v) is 4.44. The fraction of sp³-hybridized carbons (Fsp3) is 0.235. The number of ether oxygens (including phenoxy) is 1. The molecule has 24 heavy (non-hydrogen) atoms. The number of nitrogens with zero attached hydrogens (tertiary/aromatic N) is 3. The van der Waals surface area contributed by atoms with E-state index < -0.39 is 0 Å². The summed E-state index contributed by atoms with van der Waals surface area (Å²) in [5.74, 6) is 2.45. The molecule has 0 aliphatic carbocycles. The van der Waals surface area contributed by atoms with Crippen LogP contribution in [0.15, 0.2) is 42.0 Å². The van der Waals surface area contributed by atoms with Gasteiger partial charge in [-0.1, -0.05) is 0 Å². The molecule has 1 aromatic carbocycles. The lowest BCUT2D eigenvalue weighted by atomic mass is 10.2. The SMILES string of the molecule is CNc1cc(NCCc2csc(-c3ccc(OC)cc3)n2)ncn1. The number of hydrogen-bond acceptors (Lipinski definition) is 7. The average molecular weight is 341 g/mol. The molecule has 2 N–H and O–H groups in total. The van der Waals surface area contributed by atoms with Crippen LogP contribution in [0.1, 0.15) is 5.69 Å². The molecule has 0 aliphatic rings. The normalized spacial score (nSPS) is 10.4. The lowest BCUT2D eigenvalue weighted by Crippen LogP contribution is -2.07. The second-order valence-corrected chi connectivity index (χ2v) is 5.95. The van der Waals surface area contributed by atoms with Gasteiger partial charge in [0.05, 0.1) is 12.8 Å². The molecule has 0 saturated carbocycles. The number of aromatic nitrogens is 3. The molecular formula is C17H19N5OS. The van der Waals surface area contributed by atoms with E-state index in [1.54, 1.807) is 24.8 Å². The second kappa shape index (κ2) is 7.74. The number of rotatable bonds is 7. The van der Waals surface area contributed by atoms with Gasteiger partial charge in [0.1, 0.15) is 28.7 Å². The van der Waals surface area contributed by atoms with Crippen LogP contribution >= 0.6 is 11.3 Å². The molecule has 0 amide bonds. The summed E-state index contributed by atoms with van der Waals surface area (Å²) in [7, 11) is 3.50. The van der Waals surface area contributed by atoms with Gasteiger partial charge in [0.15, 0.2) is 0 Å². The Balaban J connectivity index is 1.57. The van der Waals surface area contributed by atoms with E-state index in [9.17, 15) is 0 Å². The summed E-state index contributed by atoms with van der Waals surface area (Å²) in [5, 5.41) is 9.40. The summed E-state index contributed by atoms with van der Waals surface area (Å²) < 4.78 is 5.18. The summed E-state index contributed by atoms with van der Waals surface area (Å²) in [6.45, 7) is 0.770. The van der Waals surface area contributed by atoms with E-state index in [0.717, 1.165) is 46.6 Å². The van der Waals surface area contributed by atoms with E-state index in [4.69, 9.17) is 9.72 Å². The van der Waals surface area contributed by atoms with Gasteiger partial charge in [-0.2, -0.15) is 0 Å². The maximum atomic E-state index is 5.18. The maximum Gasteiger partial charge on any atom is 0.131 e. The zero-order valence-corrected chi connectivity index (χ0v) is 14.4. The van der Waals surface area contributed by atoms with Crippen molar-refractivity contribution in [3.05, 3.63) is 47.7 Å². The molecule has 6 nitrogen and oxygen atoms in total. The Morgan fingerprint density at radius 3 is 2.67 bits per heavy atom. The molecule has 0 saturated heterocycles. The van der Waals surface area contributed by atoms with Gasteiger partial charge in [0.25, 0.3) is 0 Å². The first-order valence-electron chi connectivity index (χ1n) is 7.61. The molecule has 124 valence electrons. The number of benzene rings is 1. The van der Waals surface area contributed by atoms with Crippen molar-refractivity contribution in [3.8, 4) is 16.3 Å². The van der Waals surface area contributed by atoms with Gasteiger partial charge in [-0.3, -0.25) is 0 Å². The minimum atomic E-state index is 0.770. The van der Waals surface area contributed by atoms with Gasteiger partial charge in [-0.05, 0) is 24.3 Å². The van der Waals surface area contributed by atoms with Crippen LogP contribution in [0.4, 0.5) is 11.6 Å². The number of nitrogens with one attached hydrogen (secondary N) is 2. The van der Waals surface area contributed by atoms with Gasteiger partial charge in [-0.25, -0.2) is 15.0 Å². The first-order valence-corrected chi connectivity index (χ1v) is 8.49. The third kappa shape index (κ3) is 3.99. The van der Waals surface area contributed by atoms with Crippen molar-refractivity contribution >= 4 is 23.0 Å². The van der Waals surface area contributed by atoms with Crippen LogP contribution in [0.2, 0.25) is 0 Å². The van der Waals surface area contributed by atoms with Crippen molar-refractivity contribution in [3.63, 3.8) is 0 Å². The van der Waals surface area contributed by atoms with Crippen molar-refractivity contribution in [1.82, 2.24) is 15.0 Å². The number of anilines is 2. The van der Waals surface area contributed by atoms with E-state index in [1.165, 1.54) is 0 Å². The average Bonchev–Trinajstić information content (AvgIpc) is 3.11. The third-order valence-electron chi connectivity index (χ3n) is 3.50. The predicted octanol–water partition coefficient (Wildman–Crippen LogP) is 3.31. The van der Waals surface area contributed by atoms with Gasteiger partial charge in [-0.15, -0.1) is 11.3 Å². The molecule has 0 radical (unpaired) electrons. The van der Waals surface area contributed by atoms with Gasteiger partial charge in [0.2, 0.25) is 0 Å². The number of methoxy groups -OCH3 is 1. The lowest BCUT2D eigenvalue weighted by molar-refractivity contribution is 0.415. The molecule has 0 atom stereocenters. The summed E-state index contributed by atoms with van der Waals surface area (Å²) >= 11 is 1.65. The highest BCUT2D eigenvalue weighted by Crippen LogP contribution is 2.25. The number of hydrogen-bond donors (Lipinski definition) is 2. The molecule has 3 aromatic rings. The quantitative estimate of drug-likeness (QED) is 0.687. The minimum absolute atomic E-state index is 0.770.